The molecule has 1 N–H and O–H groups in total. The zero-order valence-electron chi connectivity index (χ0n) is 16.7. The summed E-state index contributed by atoms with van der Waals surface area (Å²) in [4.78, 5) is 12.5. The Morgan fingerprint density at radius 2 is 1.79 bits per heavy atom. The first-order valence-electron chi connectivity index (χ1n) is 9.70. The minimum absolute atomic E-state index is 0.120. The van der Waals surface area contributed by atoms with Crippen LogP contribution < -0.4 is 14.8 Å². The Hall–Kier alpha value is -3.01. The van der Waals surface area contributed by atoms with Crippen LogP contribution in [0.4, 0.5) is 0 Å². The van der Waals surface area contributed by atoms with Crippen molar-refractivity contribution in [1.29, 1.82) is 0 Å². The van der Waals surface area contributed by atoms with Gasteiger partial charge in [-0.1, -0.05) is 49.4 Å². The van der Waals surface area contributed by atoms with Crippen molar-refractivity contribution in [2.75, 3.05) is 13.2 Å². The monoisotopic (exact) mass is 377 g/mol. The average Bonchev–Trinajstić information content (AvgIpc) is 2.72. The van der Waals surface area contributed by atoms with E-state index >= 15 is 0 Å². The molecule has 146 valence electrons. The maximum Gasteiger partial charge on any atom is 0.261 e. The van der Waals surface area contributed by atoms with Gasteiger partial charge in [-0.05, 0) is 60.4 Å². The Morgan fingerprint density at radius 1 is 1.00 bits per heavy atom. The lowest BCUT2D eigenvalue weighted by molar-refractivity contribution is -0.128. The third-order valence-corrected chi connectivity index (χ3v) is 4.88. The highest BCUT2D eigenvalue weighted by atomic mass is 16.5. The first kappa shape index (κ1) is 19.7. The predicted molar refractivity (Wildman–Crippen MR) is 113 cm³/mol. The van der Waals surface area contributed by atoms with Gasteiger partial charge in [-0.2, -0.15) is 0 Å². The normalized spacial score (nSPS) is 11.8. The maximum absolute atomic E-state index is 12.5. The van der Waals surface area contributed by atoms with Crippen LogP contribution in [-0.4, -0.2) is 25.2 Å². The molecule has 3 aromatic rings. The highest BCUT2D eigenvalue weighted by molar-refractivity contribution is 5.83. The van der Waals surface area contributed by atoms with Crippen molar-refractivity contribution in [3.8, 4) is 11.5 Å². The summed E-state index contributed by atoms with van der Waals surface area (Å²) >= 11 is 0. The zero-order chi connectivity index (χ0) is 19.9. The van der Waals surface area contributed by atoms with Crippen LogP contribution in [0.5, 0.6) is 11.5 Å². The van der Waals surface area contributed by atoms with Gasteiger partial charge in [0.1, 0.15) is 18.1 Å². The minimum Gasteiger partial charge on any atom is -0.492 e. The van der Waals surface area contributed by atoms with Crippen LogP contribution >= 0.6 is 0 Å². The Morgan fingerprint density at radius 3 is 2.57 bits per heavy atom. The minimum atomic E-state index is -0.513. The second-order valence-corrected chi connectivity index (χ2v) is 6.86. The van der Waals surface area contributed by atoms with E-state index < -0.39 is 6.10 Å². The Balaban J connectivity index is 1.50. The number of rotatable bonds is 8. The van der Waals surface area contributed by atoms with Crippen LogP contribution in [-0.2, 0) is 4.79 Å². The van der Waals surface area contributed by atoms with Crippen LogP contribution in [0.3, 0.4) is 0 Å². The fourth-order valence-corrected chi connectivity index (χ4v) is 3.04. The number of benzene rings is 3. The molecular weight excluding hydrogens is 350 g/mol. The van der Waals surface area contributed by atoms with E-state index in [1.54, 1.807) is 0 Å². The fraction of sp³-hybridized carbons (Fsp3) is 0.292. The molecule has 3 rings (SSSR count). The number of carbonyl (C=O) groups excluding carboxylic acids is 1. The molecule has 0 heterocycles. The lowest BCUT2D eigenvalue weighted by Gasteiger charge is -2.19. The van der Waals surface area contributed by atoms with Gasteiger partial charge < -0.3 is 14.8 Å². The molecule has 0 unspecified atom stereocenters. The van der Waals surface area contributed by atoms with Gasteiger partial charge in [-0.15, -0.1) is 0 Å². The van der Waals surface area contributed by atoms with Crippen LogP contribution in [0.2, 0.25) is 0 Å². The van der Waals surface area contributed by atoms with Crippen LogP contribution in [0.1, 0.15) is 24.5 Å². The Kier molecular flexibility index (Phi) is 6.53. The predicted octanol–water partition coefficient (Wildman–Crippen LogP) is 4.81. The van der Waals surface area contributed by atoms with E-state index in [4.69, 9.17) is 9.47 Å². The molecule has 0 aliphatic heterocycles. The van der Waals surface area contributed by atoms with Crippen molar-refractivity contribution < 1.29 is 14.3 Å². The van der Waals surface area contributed by atoms with Gasteiger partial charge in [0.15, 0.2) is 6.10 Å². The number of aryl methyl sites for hydroxylation is 1. The number of carbonyl (C=O) groups is 1. The van der Waals surface area contributed by atoms with Gasteiger partial charge in [-0.25, -0.2) is 0 Å². The van der Waals surface area contributed by atoms with Crippen molar-refractivity contribution in [2.24, 2.45) is 0 Å². The zero-order valence-corrected chi connectivity index (χ0v) is 16.7. The topological polar surface area (TPSA) is 47.6 Å². The van der Waals surface area contributed by atoms with Gasteiger partial charge >= 0.3 is 0 Å². The van der Waals surface area contributed by atoms with Crippen LogP contribution in [0.15, 0.2) is 60.7 Å². The van der Waals surface area contributed by atoms with E-state index in [-0.39, 0.29) is 5.91 Å². The van der Waals surface area contributed by atoms with Crippen molar-refractivity contribution in [1.82, 2.24) is 5.32 Å². The SMILES string of the molecule is CC[C@@H](Oc1cccc(C)c1C)C(=O)NCCOc1ccc2ccccc2c1. The van der Waals surface area contributed by atoms with Crippen molar-refractivity contribution in [3.63, 3.8) is 0 Å². The van der Waals surface area contributed by atoms with Crippen molar-refractivity contribution in [3.05, 3.63) is 71.8 Å². The van der Waals surface area contributed by atoms with Crippen LogP contribution in [0, 0.1) is 13.8 Å². The maximum atomic E-state index is 12.5. The molecule has 0 bridgehead atoms. The molecule has 0 aliphatic carbocycles. The van der Waals surface area contributed by atoms with Gasteiger partial charge in [0.2, 0.25) is 0 Å². The molecule has 0 spiro atoms. The summed E-state index contributed by atoms with van der Waals surface area (Å²) < 4.78 is 11.7. The number of nitrogens with one attached hydrogen (secondary N) is 1. The summed E-state index contributed by atoms with van der Waals surface area (Å²) in [6, 6.07) is 20.0. The lowest BCUT2D eigenvalue weighted by atomic mass is 10.1. The lowest BCUT2D eigenvalue weighted by Crippen LogP contribution is -2.39. The molecule has 28 heavy (non-hydrogen) atoms. The van der Waals surface area contributed by atoms with Crippen molar-refractivity contribution in [2.45, 2.75) is 33.3 Å². The standard InChI is InChI=1S/C24H27NO3/c1-4-22(28-23-11-7-8-17(2)18(23)3)24(26)25-14-15-27-21-13-12-19-9-5-6-10-20(19)16-21/h5-13,16,22H,4,14-15H2,1-3H3,(H,25,26)/t22-/m1/s1. The van der Waals surface area contributed by atoms with E-state index in [0.717, 1.165) is 28.0 Å². The summed E-state index contributed by atoms with van der Waals surface area (Å²) in [5, 5.41) is 5.22. The highest BCUT2D eigenvalue weighted by Crippen LogP contribution is 2.23. The van der Waals surface area contributed by atoms with Crippen LogP contribution in [0.25, 0.3) is 10.8 Å². The first-order chi connectivity index (χ1) is 13.6. The Labute approximate surface area is 166 Å². The molecule has 1 amide bonds. The number of ether oxygens (including phenoxy) is 2. The summed E-state index contributed by atoms with van der Waals surface area (Å²) in [7, 11) is 0. The molecule has 1 atom stereocenters. The Bertz CT molecular complexity index is 951. The molecule has 0 aliphatic rings. The summed E-state index contributed by atoms with van der Waals surface area (Å²) in [5.41, 5.74) is 2.21. The van der Waals surface area contributed by atoms with Gasteiger partial charge in [-0.3, -0.25) is 4.79 Å². The first-order valence-corrected chi connectivity index (χ1v) is 9.70. The van der Waals surface area contributed by atoms with E-state index in [1.807, 2.05) is 69.3 Å². The van der Waals surface area contributed by atoms with Crippen molar-refractivity contribution >= 4 is 16.7 Å². The fourth-order valence-electron chi connectivity index (χ4n) is 3.04. The summed E-state index contributed by atoms with van der Waals surface area (Å²) in [6.45, 7) is 6.82. The van der Waals surface area contributed by atoms with Gasteiger partial charge in [0, 0.05) is 0 Å². The molecule has 4 nitrogen and oxygen atoms in total. The highest BCUT2D eigenvalue weighted by Gasteiger charge is 2.19. The summed E-state index contributed by atoms with van der Waals surface area (Å²) in [6.07, 6.45) is 0.0891. The summed E-state index contributed by atoms with van der Waals surface area (Å²) in [5.74, 6) is 1.44. The van der Waals surface area contributed by atoms with E-state index in [9.17, 15) is 4.79 Å². The quantitative estimate of drug-likeness (QED) is 0.573. The molecule has 0 fully saturated rings. The molecule has 3 aromatic carbocycles. The number of amides is 1. The van der Waals surface area contributed by atoms with Gasteiger partial charge in [0.05, 0.1) is 6.54 Å². The number of hydrogen-bond acceptors (Lipinski definition) is 3. The van der Waals surface area contributed by atoms with E-state index in [0.29, 0.717) is 19.6 Å². The molecule has 0 aromatic heterocycles. The molecule has 0 radical (unpaired) electrons. The largest absolute Gasteiger partial charge is 0.492 e. The molecule has 0 saturated carbocycles. The van der Waals surface area contributed by atoms with Gasteiger partial charge in [0.25, 0.3) is 5.91 Å². The molecule has 0 saturated heterocycles. The third kappa shape index (κ3) is 4.83. The average molecular weight is 377 g/mol. The molecule has 4 heteroatoms. The van der Waals surface area contributed by atoms with E-state index in [1.165, 1.54) is 5.39 Å². The smallest absolute Gasteiger partial charge is 0.261 e. The number of hydrogen-bond donors (Lipinski definition) is 1. The second-order valence-electron chi connectivity index (χ2n) is 6.86. The molecular formula is C24H27NO3. The second kappa shape index (κ2) is 9.27. The van der Waals surface area contributed by atoms with E-state index in [2.05, 4.69) is 17.4 Å². The third-order valence-electron chi connectivity index (χ3n) is 4.88. The number of fused-ring (bicyclic) bond motifs is 1.